The van der Waals surface area contributed by atoms with E-state index < -0.39 is 5.82 Å². The maximum Gasteiger partial charge on any atom is 0.316 e. The van der Waals surface area contributed by atoms with Crippen molar-refractivity contribution in [1.29, 1.82) is 0 Å². The summed E-state index contributed by atoms with van der Waals surface area (Å²) in [5.41, 5.74) is 1.72. The number of para-hydroxylation sites is 2. The van der Waals surface area contributed by atoms with Gasteiger partial charge in [0.2, 0.25) is 0 Å². The van der Waals surface area contributed by atoms with E-state index in [0.717, 1.165) is 37.2 Å². The number of nitrogens with zero attached hydrogens (tertiary/aromatic N) is 5. The molecule has 1 aliphatic heterocycles. The molecule has 3 aromatic rings. The molecule has 29 heavy (non-hydrogen) atoms. The lowest BCUT2D eigenvalue weighted by Gasteiger charge is -2.28. The lowest BCUT2D eigenvalue weighted by molar-refractivity contribution is 0.0736. The number of amides is 1. The molecule has 2 aliphatic rings. The van der Waals surface area contributed by atoms with Crippen LogP contribution in [0.2, 0.25) is 0 Å². The van der Waals surface area contributed by atoms with E-state index in [1.807, 2.05) is 29.2 Å². The van der Waals surface area contributed by atoms with Gasteiger partial charge in [-0.2, -0.15) is 0 Å². The Morgan fingerprint density at radius 3 is 2.79 bits per heavy atom. The van der Waals surface area contributed by atoms with Gasteiger partial charge in [-0.05, 0) is 30.9 Å². The van der Waals surface area contributed by atoms with Gasteiger partial charge in [-0.3, -0.25) is 9.78 Å². The van der Waals surface area contributed by atoms with Crippen molar-refractivity contribution in [2.24, 2.45) is 11.3 Å². The fourth-order valence-electron chi connectivity index (χ4n) is 4.61. The Morgan fingerprint density at radius 2 is 1.97 bits per heavy atom. The number of ether oxygens (including phenoxy) is 1. The van der Waals surface area contributed by atoms with Crippen molar-refractivity contribution >= 4 is 16.9 Å². The van der Waals surface area contributed by atoms with E-state index in [9.17, 15) is 9.18 Å². The molecular formula is C21H20FN5O2. The van der Waals surface area contributed by atoms with Gasteiger partial charge in [0.25, 0.3) is 5.91 Å². The van der Waals surface area contributed by atoms with Gasteiger partial charge in [-0.1, -0.05) is 18.6 Å². The van der Waals surface area contributed by atoms with Gasteiger partial charge in [0.05, 0.1) is 36.2 Å². The van der Waals surface area contributed by atoms with Gasteiger partial charge in [0, 0.05) is 18.5 Å². The summed E-state index contributed by atoms with van der Waals surface area (Å²) in [5, 5.41) is 0. The summed E-state index contributed by atoms with van der Waals surface area (Å²) in [7, 11) is 0. The number of likely N-dealkylation sites (tertiary alicyclic amines) is 1. The van der Waals surface area contributed by atoms with Crippen molar-refractivity contribution in [2.75, 3.05) is 19.7 Å². The van der Waals surface area contributed by atoms with E-state index in [1.165, 1.54) is 0 Å². The Morgan fingerprint density at radius 1 is 1.17 bits per heavy atom. The van der Waals surface area contributed by atoms with Gasteiger partial charge in [-0.15, -0.1) is 0 Å². The maximum absolute atomic E-state index is 13.1. The molecule has 8 heteroatoms. The first-order chi connectivity index (χ1) is 14.1. The molecule has 2 fully saturated rings. The van der Waals surface area contributed by atoms with E-state index in [-0.39, 0.29) is 17.3 Å². The zero-order valence-corrected chi connectivity index (χ0v) is 15.8. The predicted molar refractivity (Wildman–Crippen MR) is 103 cm³/mol. The first-order valence-electron chi connectivity index (χ1n) is 9.74. The van der Waals surface area contributed by atoms with Crippen LogP contribution in [0.4, 0.5) is 4.39 Å². The van der Waals surface area contributed by atoms with Gasteiger partial charge < -0.3 is 9.64 Å². The topological polar surface area (TPSA) is 81.1 Å². The highest BCUT2D eigenvalue weighted by Crippen LogP contribution is 2.49. The molecule has 0 radical (unpaired) electrons. The number of aromatic nitrogens is 4. The molecule has 1 aromatic carbocycles. The monoisotopic (exact) mass is 393 g/mol. The number of carbonyl (C=O) groups excluding carboxylic acids is 1. The standard InChI is InChI=1S/C21H20FN5O2/c22-15-8-24-20(25-9-15)29-13-21-7-3-4-14(21)11-27(12-21)19(28)18-10-23-16-5-1-2-6-17(16)26-18/h1-2,5-6,8-10,14H,3-4,7,11-13H2. The van der Waals surface area contributed by atoms with Crippen LogP contribution in [0.1, 0.15) is 29.8 Å². The molecule has 5 rings (SSSR count). The fraction of sp³-hybridized carbons (Fsp3) is 0.381. The summed E-state index contributed by atoms with van der Waals surface area (Å²) in [6, 6.07) is 7.68. The SMILES string of the molecule is O=C(c1cnc2ccccc2n1)N1CC2CCCC2(COc2ncc(F)cn2)C1. The third-order valence-electron chi connectivity index (χ3n) is 6.08. The zero-order valence-electron chi connectivity index (χ0n) is 15.8. The van der Waals surface area contributed by atoms with E-state index in [0.29, 0.717) is 36.8 Å². The van der Waals surface area contributed by atoms with Gasteiger partial charge >= 0.3 is 6.01 Å². The molecule has 0 spiro atoms. The third-order valence-corrected chi connectivity index (χ3v) is 6.08. The minimum Gasteiger partial charge on any atom is -0.463 e. The summed E-state index contributed by atoms with van der Waals surface area (Å²) in [5.74, 6) is -0.237. The van der Waals surface area contributed by atoms with E-state index >= 15 is 0 Å². The minimum atomic E-state index is -0.497. The highest BCUT2D eigenvalue weighted by molar-refractivity contribution is 5.94. The van der Waals surface area contributed by atoms with Crippen LogP contribution in [0, 0.1) is 17.2 Å². The molecule has 148 valence electrons. The second-order valence-corrected chi connectivity index (χ2v) is 7.85. The van der Waals surface area contributed by atoms with Crippen molar-refractivity contribution in [1.82, 2.24) is 24.8 Å². The molecule has 0 N–H and O–H groups in total. The zero-order chi connectivity index (χ0) is 19.8. The number of carbonyl (C=O) groups is 1. The fourth-order valence-corrected chi connectivity index (χ4v) is 4.61. The number of fused-ring (bicyclic) bond motifs is 2. The molecule has 3 heterocycles. The van der Waals surface area contributed by atoms with Crippen molar-refractivity contribution < 1.29 is 13.9 Å². The molecule has 0 bridgehead atoms. The summed E-state index contributed by atoms with van der Waals surface area (Å²) < 4.78 is 18.8. The highest BCUT2D eigenvalue weighted by atomic mass is 19.1. The maximum atomic E-state index is 13.1. The smallest absolute Gasteiger partial charge is 0.316 e. The van der Waals surface area contributed by atoms with Crippen LogP contribution >= 0.6 is 0 Å². The lowest BCUT2D eigenvalue weighted by atomic mass is 9.82. The molecule has 2 atom stereocenters. The third kappa shape index (κ3) is 3.28. The Bertz CT molecular complexity index is 1060. The Hall–Kier alpha value is -3.16. The number of rotatable bonds is 4. The summed E-state index contributed by atoms with van der Waals surface area (Å²) in [6.45, 7) is 1.70. The van der Waals surface area contributed by atoms with Gasteiger partial charge in [-0.25, -0.2) is 19.3 Å². The highest BCUT2D eigenvalue weighted by Gasteiger charge is 2.51. The summed E-state index contributed by atoms with van der Waals surface area (Å²) in [6.07, 6.45) is 6.88. The lowest BCUT2D eigenvalue weighted by Crippen LogP contribution is -2.36. The summed E-state index contributed by atoms with van der Waals surface area (Å²) in [4.78, 5) is 31.6. The van der Waals surface area contributed by atoms with Crippen LogP contribution in [-0.4, -0.2) is 50.4 Å². The van der Waals surface area contributed by atoms with Crippen LogP contribution in [0.25, 0.3) is 11.0 Å². The van der Waals surface area contributed by atoms with Crippen molar-refractivity contribution in [3.05, 3.63) is 54.4 Å². The van der Waals surface area contributed by atoms with Gasteiger partial charge in [0.15, 0.2) is 5.82 Å². The van der Waals surface area contributed by atoms with E-state index in [1.54, 1.807) is 6.20 Å². The Labute approximate surface area is 167 Å². The number of benzene rings is 1. The number of hydrogen-bond acceptors (Lipinski definition) is 6. The molecule has 7 nitrogen and oxygen atoms in total. The first kappa shape index (κ1) is 17.9. The van der Waals surface area contributed by atoms with Crippen molar-refractivity contribution in [3.63, 3.8) is 0 Å². The van der Waals surface area contributed by atoms with Crippen LogP contribution in [0.5, 0.6) is 6.01 Å². The molecular weight excluding hydrogens is 373 g/mol. The van der Waals surface area contributed by atoms with E-state index in [4.69, 9.17) is 4.74 Å². The van der Waals surface area contributed by atoms with E-state index in [2.05, 4.69) is 19.9 Å². The van der Waals surface area contributed by atoms with Crippen LogP contribution in [0.3, 0.4) is 0 Å². The van der Waals surface area contributed by atoms with Crippen molar-refractivity contribution in [2.45, 2.75) is 19.3 Å². The number of halogens is 1. The Kier molecular flexibility index (Phi) is 4.34. The molecule has 1 saturated carbocycles. The molecule has 1 aliphatic carbocycles. The summed E-state index contributed by atoms with van der Waals surface area (Å²) >= 11 is 0. The largest absolute Gasteiger partial charge is 0.463 e. The van der Waals surface area contributed by atoms with Crippen LogP contribution < -0.4 is 4.74 Å². The number of hydrogen-bond donors (Lipinski definition) is 0. The van der Waals surface area contributed by atoms with Crippen LogP contribution in [-0.2, 0) is 0 Å². The van der Waals surface area contributed by atoms with Crippen molar-refractivity contribution in [3.8, 4) is 6.01 Å². The first-order valence-corrected chi connectivity index (χ1v) is 9.74. The molecule has 1 saturated heterocycles. The average Bonchev–Trinajstić information content (AvgIpc) is 3.30. The second-order valence-electron chi connectivity index (χ2n) is 7.85. The molecule has 2 aromatic heterocycles. The van der Waals surface area contributed by atoms with Gasteiger partial charge in [0.1, 0.15) is 5.69 Å². The Balaban J connectivity index is 1.33. The molecule has 1 amide bonds. The normalized spacial score (nSPS) is 23.3. The second kappa shape index (κ2) is 7.02. The predicted octanol–water partition coefficient (Wildman–Crippen LogP) is 2.88. The minimum absolute atomic E-state index is 0.102. The van der Waals surface area contributed by atoms with Crippen LogP contribution in [0.15, 0.2) is 42.9 Å². The molecule has 2 unspecified atom stereocenters. The quantitative estimate of drug-likeness (QED) is 0.678. The average molecular weight is 393 g/mol.